The lowest BCUT2D eigenvalue weighted by Crippen LogP contribution is -2.49. The first-order valence-corrected chi connectivity index (χ1v) is 9.26. The number of hydrogen-bond acceptors (Lipinski definition) is 5. The standard InChI is InChI=1S/C21H22F2N2O4/c1-29-20(28)15-4-6-18(24-11-15)19(27)25-8-2-7-21(12-25,13-26)10-14-3-5-16(22)9-17(14)23/h3-6,9,11,26H,2,7-8,10,12-13H2,1H3/t21-/m0/s1. The van der Waals surface area contributed by atoms with Crippen LogP contribution in [0.3, 0.4) is 0 Å². The van der Waals surface area contributed by atoms with Crippen molar-refractivity contribution in [3.8, 4) is 0 Å². The second kappa shape index (κ2) is 8.65. The highest BCUT2D eigenvalue weighted by atomic mass is 19.1. The van der Waals surface area contributed by atoms with Gasteiger partial charge < -0.3 is 14.7 Å². The molecule has 1 aliphatic rings. The minimum absolute atomic E-state index is 0.166. The Labute approximate surface area is 167 Å². The van der Waals surface area contributed by atoms with Crippen LogP contribution >= 0.6 is 0 Å². The van der Waals surface area contributed by atoms with E-state index in [1.54, 1.807) is 4.90 Å². The van der Waals surface area contributed by atoms with Gasteiger partial charge in [-0.05, 0) is 43.0 Å². The molecule has 6 nitrogen and oxygen atoms in total. The van der Waals surface area contributed by atoms with Crippen molar-refractivity contribution in [2.45, 2.75) is 19.3 Å². The van der Waals surface area contributed by atoms with Crippen LogP contribution in [0.1, 0.15) is 39.3 Å². The monoisotopic (exact) mass is 404 g/mol. The van der Waals surface area contributed by atoms with E-state index in [0.717, 1.165) is 6.07 Å². The molecule has 1 fully saturated rings. The second-order valence-electron chi connectivity index (χ2n) is 7.32. The van der Waals surface area contributed by atoms with Gasteiger partial charge in [0.05, 0.1) is 19.3 Å². The van der Waals surface area contributed by atoms with Crippen molar-refractivity contribution in [1.29, 1.82) is 0 Å². The maximum atomic E-state index is 14.1. The molecule has 1 aromatic carbocycles. The van der Waals surface area contributed by atoms with Crippen LogP contribution in [0.25, 0.3) is 0 Å². The van der Waals surface area contributed by atoms with E-state index in [4.69, 9.17) is 0 Å². The molecule has 1 aliphatic heterocycles. The number of carbonyl (C=O) groups is 2. The van der Waals surface area contributed by atoms with E-state index in [9.17, 15) is 23.5 Å². The van der Waals surface area contributed by atoms with Gasteiger partial charge in [0.15, 0.2) is 0 Å². The van der Waals surface area contributed by atoms with Gasteiger partial charge in [-0.2, -0.15) is 0 Å². The highest BCUT2D eigenvalue weighted by Gasteiger charge is 2.38. The quantitative estimate of drug-likeness (QED) is 0.775. The van der Waals surface area contributed by atoms with Crippen LogP contribution in [0, 0.1) is 17.0 Å². The molecule has 1 N–H and O–H groups in total. The van der Waals surface area contributed by atoms with Crippen LogP contribution in [0.4, 0.5) is 8.78 Å². The Kier molecular flexibility index (Phi) is 6.22. The number of methoxy groups -OCH3 is 1. The summed E-state index contributed by atoms with van der Waals surface area (Å²) in [7, 11) is 1.26. The number of halogens is 2. The lowest BCUT2D eigenvalue weighted by Gasteiger charge is -2.42. The van der Waals surface area contributed by atoms with E-state index in [0.29, 0.717) is 24.9 Å². The van der Waals surface area contributed by atoms with Crippen molar-refractivity contribution >= 4 is 11.9 Å². The maximum Gasteiger partial charge on any atom is 0.339 e. The van der Waals surface area contributed by atoms with Crippen LogP contribution in [-0.2, 0) is 11.2 Å². The minimum Gasteiger partial charge on any atom is -0.465 e. The van der Waals surface area contributed by atoms with Crippen molar-refractivity contribution in [2.75, 3.05) is 26.8 Å². The Morgan fingerprint density at radius 2 is 2.07 bits per heavy atom. The van der Waals surface area contributed by atoms with Crippen LogP contribution in [-0.4, -0.2) is 53.7 Å². The predicted octanol–water partition coefficient (Wildman–Crippen LogP) is 2.60. The first kappa shape index (κ1) is 20.9. The zero-order valence-electron chi connectivity index (χ0n) is 16.0. The summed E-state index contributed by atoms with van der Waals surface area (Å²) in [5.41, 5.74) is -0.0210. The number of carbonyl (C=O) groups excluding carboxylic acids is 2. The molecule has 3 rings (SSSR count). The van der Waals surface area contributed by atoms with Crippen molar-refractivity contribution in [1.82, 2.24) is 9.88 Å². The van der Waals surface area contributed by atoms with E-state index in [-0.39, 0.29) is 36.7 Å². The molecule has 0 radical (unpaired) electrons. The van der Waals surface area contributed by atoms with Gasteiger partial charge >= 0.3 is 5.97 Å². The fourth-order valence-corrected chi connectivity index (χ4v) is 3.70. The molecule has 0 bridgehead atoms. The molecule has 1 atom stereocenters. The van der Waals surface area contributed by atoms with E-state index in [1.807, 2.05) is 0 Å². The minimum atomic E-state index is -0.724. The molecule has 0 saturated carbocycles. The van der Waals surface area contributed by atoms with E-state index in [1.165, 1.54) is 37.6 Å². The number of hydrogen-bond donors (Lipinski definition) is 1. The number of piperidine rings is 1. The average Bonchev–Trinajstić information content (AvgIpc) is 2.75. The van der Waals surface area contributed by atoms with E-state index >= 15 is 0 Å². The zero-order chi connectivity index (χ0) is 21.0. The fourth-order valence-electron chi connectivity index (χ4n) is 3.70. The number of rotatable bonds is 5. The number of aliphatic hydroxyl groups is 1. The normalized spacial score (nSPS) is 19.1. The third kappa shape index (κ3) is 4.59. The third-order valence-corrected chi connectivity index (χ3v) is 5.27. The summed E-state index contributed by atoms with van der Waals surface area (Å²) in [6.07, 6.45) is 2.71. The lowest BCUT2D eigenvalue weighted by atomic mass is 9.75. The summed E-state index contributed by atoms with van der Waals surface area (Å²) in [5, 5.41) is 10.0. The first-order chi connectivity index (χ1) is 13.9. The van der Waals surface area contributed by atoms with Gasteiger partial charge in [-0.15, -0.1) is 0 Å². The Balaban J connectivity index is 1.77. The molecule has 1 amide bonds. The second-order valence-corrected chi connectivity index (χ2v) is 7.32. The zero-order valence-corrected chi connectivity index (χ0v) is 16.0. The first-order valence-electron chi connectivity index (χ1n) is 9.26. The van der Waals surface area contributed by atoms with Gasteiger partial charge in [0.25, 0.3) is 5.91 Å². The highest BCUT2D eigenvalue weighted by molar-refractivity contribution is 5.94. The molecular formula is C21H22F2N2O4. The van der Waals surface area contributed by atoms with Crippen LogP contribution in [0.2, 0.25) is 0 Å². The van der Waals surface area contributed by atoms with Crippen LogP contribution < -0.4 is 0 Å². The van der Waals surface area contributed by atoms with E-state index < -0.39 is 23.0 Å². The highest BCUT2D eigenvalue weighted by Crippen LogP contribution is 2.34. The number of ether oxygens (including phenoxy) is 1. The molecule has 2 aromatic rings. The molecule has 0 aliphatic carbocycles. The molecule has 0 spiro atoms. The number of benzene rings is 1. The number of pyridine rings is 1. The molecule has 29 heavy (non-hydrogen) atoms. The Morgan fingerprint density at radius 3 is 2.69 bits per heavy atom. The number of aliphatic hydroxyl groups excluding tert-OH is 1. The number of amides is 1. The molecule has 2 heterocycles. The van der Waals surface area contributed by atoms with Gasteiger partial charge in [-0.1, -0.05) is 6.07 Å². The molecule has 0 unspecified atom stereocenters. The Morgan fingerprint density at radius 1 is 1.28 bits per heavy atom. The van der Waals surface area contributed by atoms with Crippen molar-refractivity contribution in [2.24, 2.45) is 5.41 Å². The van der Waals surface area contributed by atoms with Gasteiger partial charge in [-0.25, -0.2) is 13.6 Å². The molecule has 154 valence electrons. The van der Waals surface area contributed by atoms with Gasteiger partial charge in [0.1, 0.15) is 17.3 Å². The summed E-state index contributed by atoms with van der Waals surface area (Å²) >= 11 is 0. The van der Waals surface area contributed by atoms with Crippen LogP contribution in [0.5, 0.6) is 0 Å². The number of aromatic nitrogens is 1. The molecule has 1 aromatic heterocycles. The van der Waals surface area contributed by atoms with Crippen molar-refractivity contribution in [3.05, 3.63) is 65.0 Å². The van der Waals surface area contributed by atoms with Gasteiger partial charge in [-0.3, -0.25) is 9.78 Å². The van der Waals surface area contributed by atoms with Crippen LogP contribution in [0.15, 0.2) is 36.5 Å². The summed E-state index contributed by atoms with van der Waals surface area (Å²) in [6, 6.07) is 6.28. The Bertz CT molecular complexity index is 904. The van der Waals surface area contributed by atoms with Gasteiger partial charge in [0.2, 0.25) is 0 Å². The van der Waals surface area contributed by atoms with E-state index in [2.05, 4.69) is 9.72 Å². The fraction of sp³-hybridized carbons (Fsp3) is 0.381. The molecule has 1 saturated heterocycles. The molecular weight excluding hydrogens is 382 g/mol. The van der Waals surface area contributed by atoms with Crippen molar-refractivity contribution in [3.63, 3.8) is 0 Å². The topological polar surface area (TPSA) is 79.7 Å². The maximum absolute atomic E-state index is 14.1. The molecule has 8 heteroatoms. The van der Waals surface area contributed by atoms with Gasteiger partial charge in [0, 0.05) is 30.8 Å². The lowest BCUT2D eigenvalue weighted by molar-refractivity contribution is 0.0264. The number of likely N-dealkylation sites (tertiary alicyclic amines) is 1. The van der Waals surface area contributed by atoms with Crippen molar-refractivity contribution < 1.29 is 28.2 Å². The Hall–Kier alpha value is -2.87. The summed E-state index contributed by atoms with van der Waals surface area (Å²) in [5.74, 6) is -2.21. The largest absolute Gasteiger partial charge is 0.465 e. The SMILES string of the molecule is COC(=O)c1ccc(C(=O)N2CCC[C@](CO)(Cc3ccc(F)cc3F)C2)nc1. The summed E-state index contributed by atoms with van der Waals surface area (Å²) in [4.78, 5) is 30.0. The average molecular weight is 404 g/mol. The number of nitrogens with zero attached hydrogens (tertiary/aromatic N) is 2. The predicted molar refractivity (Wildman–Crippen MR) is 100 cm³/mol. The summed E-state index contributed by atoms with van der Waals surface area (Å²) in [6.45, 7) is 0.467. The smallest absolute Gasteiger partial charge is 0.339 e. The number of esters is 1. The summed E-state index contributed by atoms with van der Waals surface area (Å²) < 4.78 is 31.9. The third-order valence-electron chi connectivity index (χ3n) is 5.27.